The molecule has 1 atom stereocenters. The summed E-state index contributed by atoms with van der Waals surface area (Å²) >= 11 is 0. The van der Waals surface area contributed by atoms with Crippen LogP contribution in [0.1, 0.15) is 22.0 Å². The van der Waals surface area contributed by atoms with Crippen LogP contribution in [0.5, 0.6) is 0 Å². The van der Waals surface area contributed by atoms with Crippen LogP contribution in [0.25, 0.3) is 11.1 Å². The van der Waals surface area contributed by atoms with Crippen molar-refractivity contribution in [2.24, 2.45) is 0 Å². The second kappa shape index (κ2) is 8.31. The predicted octanol–water partition coefficient (Wildman–Crippen LogP) is 4.12. The minimum Gasteiger partial charge on any atom is -0.343 e. The first kappa shape index (κ1) is 17.7. The average Bonchev–Trinajstić information content (AvgIpc) is 3.28. The molecule has 0 spiro atoms. The first-order valence-electron chi connectivity index (χ1n) is 9.15. The van der Waals surface area contributed by atoms with Crippen LogP contribution in [-0.4, -0.2) is 20.9 Å². The van der Waals surface area contributed by atoms with E-state index in [-0.39, 0.29) is 11.9 Å². The Morgan fingerprint density at radius 1 is 0.786 bits per heavy atom. The molecule has 0 aliphatic carbocycles. The topological polar surface area (TPSA) is 59.8 Å². The first-order chi connectivity index (χ1) is 13.8. The minimum atomic E-state index is -0.227. The van der Waals surface area contributed by atoms with Crippen molar-refractivity contribution in [2.75, 3.05) is 0 Å². The molecule has 0 bridgehead atoms. The third-order valence-corrected chi connectivity index (χ3v) is 4.57. The molecule has 0 aliphatic heterocycles. The maximum absolute atomic E-state index is 12.8. The molecule has 28 heavy (non-hydrogen) atoms. The van der Waals surface area contributed by atoms with E-state index in [1.165, 1.54) is 0 Å². The number of benzene rings is 3. The maximum atomic E-state index is 12.8. The monoisotopic (exact) mass is 368 g/mol. The molecule has 0 radical (unpaired) electrons. The number of hydrogen-bond acceptors (Lipinski definition) is 3. The van der Waals surface area contributed by atoms with E-state index in [1.54, 1.807) is 17.2 Å². The Morgan fingerprint density at radius 2 is 1.36 bits per heavy atom. The van der Waals surface area contributed by atoms with Gasteiger partial charge in [0.05, 0.1) is 25.0 Å². The molecule has 138 valence electrons. The first-order valence-corrected chi connectivity index (χ1v) is 9.15. The highest BCUT2D eigenvalue weighted by Crippen LogP contribution is 2.20. The van der Waals surface area contributed by atoms with Crippen molar-refractivity contribution < 1.29 is 4.79 Å². The summed E-state index contributed by atoms with van der Waals surface area (Å²) < 4.78 is 0. The molecule has 0 saturated carbocycles. The number of hydrogen-bond donors (Lipinski definition) is 1. The highest BCUT2D eigenvalue weighted by Gasteiger charge is 2.17. The lowest BCUT2D eigenvalue weighted by Gasteiger charge is -2.19. The number of rotatable bonds is 6. The van der Waals surface area contributed by atoms with Crippen molar-refractivity contribution in [3.05, 3.63) is 108 Å². The zero-order valence-electron chi connectivity index (χ0n) is 15.3. The molecule has 4 aromatic rings. The van der Waals surface area contributed by atoms with E-state index in [0.717, 1.165) is 16.7 Å². The quantitative estimate of drug-likeness (QED) is 0.557. The predicted molar refractivity (Wildman–Crippen MR) is 109 cm³/mol. The van der Waals surface area contributed by atoms with E-state index < -0.39 is 0 Å². The van der Waals surface area contributed by atoms with Crippen LogP contribution in [0.15, 0.2) is 97.3 Å². The molecule has 3 aromatic carbocycles. The van der Waals surface area contributed by atoms with Gasteiger partial charge in [-0.15, -0.1) is 0 Å². The zero-order valence-corrected chi connectivity index (χ0v) is 15.3. The molecule has 1 N–H and O–H groups in total. The number of nitrogens with one attached hydrogen (secondary N) is 1. The lowest BCUT2D eigenvalue weighted by molar-refractivity contribution is 0.0931. The maximum Gasteiger partial charge on any atom is 0.251 e. The standard InChI is InChI=1S/C23H20N4O/c28-23(21-13-11-19(12-14-21)18-7-3-1-4-8-18)26-22(17-27-24-15-16-25-27)20-9-5-2-6-10-20/h1-16,22H,17H2,(H,26,28). The van der Waals surface area contributed by atoms with E-state index in [0.29, 0.717) is 12.1 Å². The van der Waals surface area contributed by atoms with Crippen LogP contribution in [0.2, 0.25) is 0 Å². The van der Waals surface area contributed by atoms with Crippen LogP contribution < -0.4 is 5.32 Å². The third kappa shape index (κ3) is 4.15. The average molecular weight is 368 g/mol. The van der Waals surface area contributed by atoms with Crippen molar-refractivity contribution in [3.8, 4) is 11.1 Å². The van der Waals surface area contributed by atoms with Crippen LogP contribution in [0.4, 0.5) is 0 Å². The molecular weight excluding hydrogens is 348 g/mol. The van der Waals surface area contributed by atoms with E-state index in [9.17, 15) is 4.79 Å². The number of carbonyl (C=O) groups excluding carboxylic acids is 1. The van der Waals surface area contributed by atoms with Gasteiger partial charge in [-0.1, -0.05) is 72.8 Å². The molecule has 4 rings (SSSR count). The largest absolute Gasteiger partial charge is 0.343 e. The molecule has 0 aliphatic rings. The Hall–Kier alpha value is -3.73. The highest BCUT2D eigenvalue weighted by molar-refractivity contribution is 5.95. The van der Waals surface area contributed by atoms with Crippen LogP contribution in [-0.2, 0) is 6.54 Å². The van der Waals surface area contributed by atoms with E-state index in [1.807, 2.05) is 72.8 Å². The summed E-state index contributed by atoms with van der Waals surface area (Å²) in [6, 6.07) is 27.4. The van der Waals surface area contributed by atoms with Gasteiger partial charge in [0.1, 0.15) is 0 Å². The summed E-state index contributed by atoms with van der Waals surface area (Å²) in [5.41, 5.74) is 3.84. The van der Waals surface area contributed by atoms with E-state index in [2.05, 4.69) is 27.6 Å². The van der Waals surface area contributed by atoms with Crippen molar-refractivity contribution in [2.45, 2.75) is 12.6 Å². The fraction of sp³-hybridized carbons (Fsp3) is 0.0870. The number of nitrogens with zero attached hydrogens (tertiary/aromatic N) is 3. The zero-order chi connectivity index (χ0) is 19.2. The van der Waals surface area contributed by atoms with Crippen molar-refractivity contribution in [3.63, 3.8) is 0 Å². The molecule has 0 fully saturated rings. The summed E-state index contributed by atoms with van der Waals surface area (Å²) in [6.45, 7) is 0.463. The Kier molecular flexibility index (Phi) is 5.24. The SMILES string of the molecule is O=C(NC(Cn1nccn1)c1ccccc1)c1ccc(-c2ccccc2)cc1. The lowest BCUT2D eigenvalue weighted by Crippen LogP contribution is -2.32. The van der Waals surface area contributed by atoms with Crippen LogP contribution in [0, 0.1) is 0 Å². The number of amides is 1. The molecule has 1 amide bonds. The van der Waals surface area contributed by atoms with Gasteiger partial charge in [-0.05, 0) is 28.8 Å². The molecule has 5 heteroatoms. The van der Waals surface area contributed by atoms with Crippen LogP contribution in [0.3, 0.4) is 0 Å². The van der Waals surface area contributed by atoms with Crippen molar-refractivity contribution in [1.29, 1.82) is 0 Å². The summed E-state index contributed by atoms with van der Waals surface area (Å²) in [7, 11) is 0. The molecule has 0 saturated heterocycles. The molecule has 1 unspecified atom stereocenters. The van der Waals surface area contributed by atoms with Gasteiger partial charge in [-0.2, -0.15) is 15.0 Å². The fourth-order valence-electron chi connectivity index (χ4n) is 3.11. The summed E-state index contributed by atoms with van der Waals surface area (Å²) in [5, 5.41) is 11.4. The van der Waals surface area contributed by atoms with Gasteiger partial charge in [0, 0.05) is 5.56 Å². The van der Waals surface area contributed by atoms with E-state index in [4.69, 9.17) is 0 Å². The smallest absolute Gasteiger partial charge is 0.251 e. The van der Waals surface area contributed by atoms with Gasteiger partial charge in [0.25, 0.3) is 5.91 Å². The van der Waals surface area contributed by atoms with Gasteiger partial charge in [0.2, 0.25) is 0 Å². The molecule has 1 aromatic heterocycles. The summed E-state index contributed by atoms with van der Waals surface area (Å²) in [5.74, 6) is -0.124. The summed E-state index contributed by atoms with van der Waals surface area (Å²) in [4.78, 5) is 14.4. The number of aromatic nitrogens is 3. The second-order valence-electron chi connectivity index (χ2n) is 6.46. The van der Waals surface area contributed by atoms with E-state index >= 15 is 0 Å². The van der Waals surface area contributed by atoms with Gasteiger partial charge in [-0.3, -0.25) is 4.79 Å². The van der Waals surface area contributed by atoms with Gasteiger partial charge in [-0.25, -0.2) is 0 Å². The van der Waals surface area contributed by atoms with Crippen LogP contribution >= 0.6 is 0 Å². The van der Waals surface area contributed by atoms with Gasteiger partial charge >= 0.3 is 0 Å². The second-order valence-corrected chi connectivity index (χ2v) is 6.46. The van der Waals surface area contributed by atoms with Crippen molar-refractivity contribution >= 4 is 5.91 Å². The highest BCUT2D eigenvalue weighted by atomic mass is 16.1. The molecule has 5 nitrogen and oxygen atoms in total. The molecule has 1 heterocycles. The molecular formula is C23H20N4O. The van der Waals surface area contributed by atoms with Gasteiger partial charge in [0.15, 0.2) is 0 Å². The number of carbonyl (C=O) groups is 1. The van der Waals surface area contributed by atoms with Gasteiger partial charge < -0.3 is 5.32 Å². The normalized spacial score (nSPS) is 11.7. The Labute approximate surface area is 163 Å². The van der Waals surface area contributed by atoms with Crippen molar-refractivity contribution in [1.82, 2.24) is 20.3 Å². The summed E-state index contributed by atoms with van der Waals surface area (Å²) in [6.07, 6.45) is 3.26. The minimum absolute atomic E-state index is 0.124. The third-order valence-electron chi connectivity index (χ3n) is 4.57. The Bertz CT molecular complexity index is 1010. The lowest BCUT2D eigenvalue weighted by atomic mass is 10.0. The fourth-order valence-corrected chi connectivity index (χ4v) is 3.11. The Morgan fingerprint density at radius 3 is 2.00 bits per heavy atom. The Balaban J connectivity index is 1.52.